The fourth-order valence-corrected chi connectivity index (χ4v) is 2.87. The summed E-state index contributed by atoms with van der Waals surface area (Å²) in [6, 6.07) is 6.31. The summed E-state index contributed by atoms with van der Waals surface area (Å²) in [6.07, 6.45) is 3.28. The van der Waals surface area contributed by atoms with Crippen molar-refractivity contribution in [3.8, 4) is 0 Å². The Morgan fingerprint density at radius 1 is 1.44 bits per heavy atom. The van der Waals surface area contributed by atoms with E-state index in [0.717, 1.165) is 46.6 Å². The Morgan fingerprint density at radius 2 is 2.17 bits per heavy atom. The van der Waals surface area contributed by atoms with Gasteiger partial charge in [-0.05, 0) is 65.5 Å². The molecule has 1 atom stereocenters. The zero-order valence-electron chi connectivity index (χ0n) is 10.2. The van der Waals surface area contributed by atoms with Gasteiger partial charge >= 0.3 is 0 Å². The third-order valence-electron chi connectivity index (χ3n) is 3.46. The van der Waals surface area contributed by atoms with Crippen molar-refractivity contribution in [1.82, 2.24) is 5.43 Å². The van der Waals surface area contributed by atoms with E-state index in [0.29, 0.717) is 5.92 Å². The number of benzene rings is 1. The van der Waals surface area contributed by atoms with E-state index in [1.807, 2.05) is 12.1 Å². The van der Waals surface area contributed by atoms with Gasteiger partial charge in [0.2, 0.25) is 0 Å². The highest BCUT2D eigenvalue weighted by Gasteiger charge is 2.20. The van der Waals surface area contributed by atoms with E-state index in [1.54, 1.807) is 0 Å². The highest BCUT2D eigenvalue weighted by molar-refractivity contribution is 14.1. The number of hydrazine groups is 1. The van der Waals surface area contributed by atoms with Gasteiger partial charge in [0.1, 0.15) is 0 Å². The first-order chi connectivity index (χ1) is 8.70. The molecule has 3 nitrogen and oxygen atoms in total. The Bertz CT molecular complexity index is 397. The first-order valence-electron chi connectivity index (χ1n) is 6.19. The number of nitrogens with one attached hydrogen (secondary N) is 1. The highest BCUT2D eigenvalue weighted by atomic mass is 127. The van der Waals surface area contributed by atoms with Gasteiger partial charge < -0.3 is 4.74 Å². The molecule has 1 saturated heterocycles. The van der Waals surface area contributed by atoms with Crippen molar-refractivity contribution in [1.29, 1.82) is 0 Å². The predicted octanol–water partition coefficient (Wildman–Crippen LogP) is 3.27. The van der Waals surface area contributed by atoms with Crippen molar-refractivity contribution in [3.63, 3.8) is 0 Å². The van der Waals surface area contributed by atoms with Gasteiger partial charge in [0, 0.05) is 22.8 Å². The lowest BCUT2D eigenvalue weighted by Crippen LogP contribution is -2.31. The summed E-state index contributed by atoms with van der Waals surface area (Å²) in [6.45, 7) is 1.74. The molecule has 18 heavy (non-hydrogen) atoms. The number of nitrogens with two attached hydrogens (primary N) is 1. The smallest absolute Gasteiger partial charge is 0.0542 e. The van der Waals surface area contributed by atoms with Crippen LogP contribution in [0.1, 0.15) is 30.9 Å². The maximum absolute atomic E-state index is 6.16. The average molecular weight is 381 g/mol. The molecule has 1 unspecified atom stereocenters. The van der Waals surface area contributed by atoms with Crippen LogP contribution in [0.25, 0.3) is 0 Å². The second-order valence-electron chi connectivity index (χ2n) is 4.68. The van der Waals surface area contributed by atoms with Crippen molar-refractivity contribution in [2.24, 2.45) is 11.8 Å². The molecule has 3 N–H and O–H groups in total. The molecule has 2 rings (SSSR count). The Labute approximate surface area is 127 Å². The van der Waals surface area contributed by atoms with Crippen molar-refractivity contribution < 1.29 is 4.74 Å². The third kappa shape index (κ3) is 3.81. The Morgan fingerprint density at radius 3 is 2.78 bits per heavy atom. The highest BCUT2D eigenvalue weighted by Crippen LogP contribution is 2.29. The van der Waals surface area contributed by atoms with Crippen LogP contribution in [0.4, 0.5) is 0 Å². The molecule has 0 radical (unpaired) electrons. The first kappa shape index (κ1) is 14.5. The Hall–Kier alpha value is 0.120. The summed E-state index contributed by atoms with van der Waals surface area (Å²) in [4.78, 5) is 0. The van der Waals surface area contributed by atoms with E-state index in [-0.39, 0.29) is 6.04 Å². The summed E-state index contributed by atoms with van der Waals surface area (Å²) >= 11 is 8.39. The van der Waals surface area contributed by atoms with E-state index in [1.165, 1.54) is 0 Å². The van der Waals surface area contributed by atoms with Crippen LogP contribution in [0, 0.1) is 9.49 Å². The van der Waals surface area contributed by atoms with Gasteiger partial charge in [0.15, 0.2) is 0 Å². The second-order valence-corrected chi connectivity index (χ2v) is 6.25. The van der Waals surface area contributed by atoms with Gasteiger partial charge in [-0.3, -0.25) is 11.3 Å². The van der Waals surface area contributed by atoms with Crippen LogP contribution in [0.3, 0.4) is 0 Å². The normalized spacial score (nSPS) is 18.8. The predicted molar refractivity (Wildman–Crippen MR) is 82.4 cm³/mol. The van der Waals surface area contributed by atoms with Crippen molar-refractivity contribution in [2.75, 3.05) is 13.2 Å². The average Bonchev–Trinajstić information content (AvgIpc) is 2.40. The molecule has 1 heterocycles. The van der Waals surface area contributed by atoms with Gasteiger partial charge in [0.25, 0.3) is 0 Å². The molecule has 0 saturated carbocycles. The molecule has 0 aliphatic carbocycles. The minimum absolute atomic E-state index is 0.169. The largest absolute Gasteiger partial charge is 0.381 e. The molecular formula is C13H18ClIN2O. The van der Waals surface area contributed by atoms with E-state index < -0.39 is 0 Å². The van der Waals surface area contributed by atoms with E-state index in [2.05, 4.69) is 34.1 Å². The van der Waals surface area contributed by atoms with Crippen molar-refractivity contribution in [2.45, 2.75) is 25.3 Å². The minimum Gasteiger partial charge on any atom is -0.381 e. The molecule has 1 aliphatic heterocycles. The number of ether oxygens (including phenoxy) is 1. The molecule has 1 aliphatic rings. The third-order valence-corrected chi connectivity index (χ3v) is 5.03. The van der Waals surface area contributed by atoms with Crippen molar-refractivity contribution >= 4 is 34.2 Å². The van der Waals surface area contributed by atoms with Gasteiger partial charge in [-0.25, -0.2) is 0 Å². The number of hydrogen-bond acceptors (Lipinski definition) is 3. The summed E-state index contributed by atoms with van der Waals surface area (Å²) in [5.41, 5.74) is 4.07. The Kier molecular flexibility index (Phi) is 5.69. The fraction of sp³-hybridized carbons (Fsp3) is 0.538. The number of hydrogen-bond donors (Lipinski definition) is 2. The lowest BCUT2D eigenvalue weighted by Gasteiger charge is -2.26. The number of rotatable bonds is 4. The molecule has 0 aromatic heterocycles. The zero-order valence-corrected chi connectivity index (χ0v) is 13.1. The molecule has 0 amide bonds. The summed E-state index contributed by atoms with van der Waals surface area (Å²) in [7, 11) is 0. The summed E-state index contributed by atoms with van der Waals surface area (Å²) in [5, 5.41) is 0.792. The monoisotopic (exact) mass is 380 g/mol. The molecule has 0 spiro atoms. The van der Waals surface area contributed by atoms with Crippen LogP contribution < -0.4 is 11.3 Å². The fourth-order valence-electron chi connectivity index (χ4n) is 2.34. The molecule has 1 aromatic rings. The van der Waals surface area contributed by atoms with Gasteiger partial charge in [-0.1, -0.05) is 17.7 Å². The first-order valence-corrected chi connectivity index (χ1v) is 7.65. The maximum atomic E-state index is 6.16. The topological polar surface area (TPSA) is 47.3 Å². The summed E-state index contributed by atoms with van der Waals surface area (Å²) in [5.74, 6) is 6.36. The van der Waals surface area contributed by atoms with Gasteiger partial charge in [-0.15, -0.1) is 0 Å². The zero-order chi connectivity index (χ0) is 13.0. The van der Waals surface area contributed by atoms with E-state index in [9.17, 15) is 0 Å². The Balaban J connectivity index is 2.04. The lowest BCUT2D eigenvalue weighted by atomic mass is 9.90. The molecular weight excluding hydrogens is 363 g/mol. The second kappa shape index (κ2) is 7.05. The van der Waals surface area contributed by atoms with E-state index in [4.69, 9.17) is 22.2 Å². The molecule has 1 aromatic carbocycles. The minimum atomic E-state index is 0.169. The molecule has 1 fully saturated rings. The SMILES string of the molecule is NNC(CC1CCOCC1)c1ccc(I)c(Cl)c1. The van der Waals surface area contributed by atoms with Gasteiger partial charge in [0.05, 0.1) is 5.02 Å². The quantitative estimate of drug-likeness (QED) is 0.479. The van der Waals surface area contributed by atoms with Crippen LogP contribution >= 0.6 is 34.2 Å². The standard InChI is InChI=1S/C13H18ClIN2O/c14-11-8-10(1-2-12(11)15)13(17-16)7-9-3-5-18-6-4-9/h1-2,8-9,13,17H,3-7,16H2. The van der Waals surface area contributed by atoms with Crippen LogP contribution in [0.5, 0.6) is 0 Å². The van der Waals surface area contributed by atoms with Crippen LogP contribution in [-0.4, -0.2) is 13.2 Å². The molecule has 5 heteroatoms. The number of halogens is 2. The van der Waals surface area contributed by atoms with Gasteiger partial charge in [-0.2, -0.15) is 0 Å². The van der Waals surface area contributed by atoms with Crippen molar-refractivity contribution in [3.05, 3.63) is 32.4 Å². The molecule has 100 valence electrons. The summed E-state index contributed by atoms with van der Waals surface area (Å²) < 4.78 is 6.45. The molecule has 0 bridgehead atoms. The van der Waals surface area contributed by atoms with Crippen LogP contribution in [0.15, 0.2) is 18.2 Å². The van der Waals surface area contributed by atoms with E-state index >= 15 is 0 Å². The lowest BCUT2D eigenvalue weighted by molar-refractivity contribution is 0.0605. The van der Waals surface area contributed by atoms with Crippen LogP contribution in [-0.2, 0) is 4.74 Å². The van der Waals surface area contributed by atoms with Crippen LogP contribution in [0.2, 0.25) is 5.02 Å². The maximum Gasteiger partial charge on any atom is 0.0542 e.